The number of benzene rings is 1. The van der Waals surface area contributed by atoms with Crippen LogP contribution in [0.1, 0.15) is 24.0 Å². The molecule has 0 bridgehead atoms. The van der Waals surface area contributed by atoms with Crippen LogP contribution in [0, 0.1) is 11.3 Å². The van der Waals surface area contributed by atoms with Crippen LogP contribution in [0.5, 0.6) is 0 Å². The predicted octanol–water partition coefficient (Wildman–Crippen LogP) is 2.74. The quantitative estimate of drug-likeness (QED) is 0.611. The summed E-state index contributed by atoms with van der Waals surface area (Å²) in [5, 5.41) is 8.64. The fourth-order valence-corrected chi connectivity index (χ4v) is 1.15. The number of allylic oxidation sites excluding steroid dienone is 1. The average molecular weight is 155 g/mol. The highest BCUT2D eigenvalue weighted by molar-refractivity contribution is 5.58. The van der Waals surface area contributed by atoms with E-state index in [0.29, 0.717) is 0 Å². The molecular formula is C11H9N. The van der Waals surface area contributed by atoms with E-state index in [-0.39, 0.29) is 0 Å². The highest BCUT2D eigenvalue weighted by Gasteiger charge is 2.09. The molecule has 0 radical (unpaired) electrons. The van der Waals surface area contributed by atoms with Gasteiger partial charge in [0.1, 0.15) is 0 Å². The molecule has 0 amide bonds. The van der Waals surface area contributed by atoms with Gasteiger partial charge in [-0.05, 0) is 30.5 Å². The molecule has 1 fully saturated rings. The van der Waals surface area contributed by atoms with Gasteiger partial charge in [0.25, 0.3) is 0 Å². The van der Waals surface area contributed by atoms with Gasteiger partial charge in [0.2, 0.25) is 0 Å². The van der Waals surface area contributed by atoms with E-state index in [9.17, 15) is 0 Å². The largest absolute Gasteiger partial charge is 0.192 e. The van der Waals surface area contributed by atoms with Gasteiger partial charge in [-0.25, -0.2) is 0 Å². The lowest BCUT2D eigenvalue weighted by Crippen LogP contribution is -1.75. The van der Waals surface area contributed by atoms with Crippen LogP contribution in [0.15, 0.2) is 29.8 Å². The molecule has 0 N–H and O–H groups in total. The summed E-state index contributed by atoms with van der Waals surface area (Å²) in [6.07, 6.45) is 4.63. The Morgan fingerprint density at radius 3 is 2.83 bits per heavy atom. The molecule has 0 spiro atoms. The zero-order chi connectivity index (χ0) is 8.39. The third-order valence-corrected chi connectivity index (χ3v) is 1.93. The van der Waals surface area contributed by atoms with Crippen LogP contribution in [0.4, 0.5) is 0 Å². The first-order valence-electron chi connectivity index (χ1n) is 4.08. The summed E-state index contributed by atoms with van der Waals surface area (Å²) >= 11 is 0. The van der Waals surface area contributed by atoms with E-state index in [2.05, 4.69) is 12.1 Å². The van der Waals surface area contributed by atoms with E-state index < -0.39 is 0 Å². The van der Waals surface area contributed by atoms with E-state index in [1.807, 2.05) is 24.3 Å². The van der Waals surface area contributed by atoms with Gasteiger partial charge < -0.3 is 0 Å². The Labute approximate surface area is 72.0 Å². The molecule has 0 aromatic heterocycles. The molecule has 0 saturated heterocycles. The molecule has 1 aliphatic carbocycles. The van der Waals surface area contributed by atoms with Gasteiger partial charge in [-0.2, -0.15) is 5.26 Å². The van der Waals surface area contributed by atoms with Gasteiger partial charge in [0.15, 0.2) is 0 Å². The van der Waals surface area contributed by atoms with Crippen molar-refractivity contribution in [2.45, 2.75) is 12.8 Å². The maximum absolute atomic E-state index is 8.64. The highest BCUT2D eigenvalue weighted by atomic mass is 14.2. The molecule has 1 saturated carbocycles. The number of nitriles is 1. The number of nitrogens with zero attached hydrogens (tertiary/aromatic N) is 1. The Kier molecular flexibility index (Phi) is 1.68. The topological polar surface area (TPSA) is 23.8 Å². The molecule has 1 aromatic rings. The summed E-state index contributed by atoms with van der Waals surface area (Å²) in [4.78, 5) is 0. The van der Waals surface area contributed by atoms with Crippen molar-refractivity contribution in [1.29, 1.82) is 5.26 Å². The first-order valence-corrected chi connectivity index (χ1v) is 4.08. The van der Waals surface area contributed by atoms with Crippen molar-refractivity contribution in [3.63, 3.8) is 0 Å². The van der Waals surface area contributed by atoms with Crippen molar-refractivity contribution in [3.05, 3.63) is 41.0 Å². The first kappa shape index (κ1) is 7.12. The molecule has 1 heteroatoms. The maximum atomic E-state index is 8.64. The van der Waals surface area contributed by atoms with Crippen LogP contribution in [0.3, 0.4) is 0 Å². The van der Waals surface area contributed by atoms with Crippen molar-refractivity contribution >= 4 is 6.08 Å². The van der Waals surface area contributed by atoms with Gasteiger partial charge in [0.05, 0.1) is 11.6 Å². The molecule has 0 aliphatic heterocycles. The van der Waals surface area contributed by atoms with Crippen molar-refractivity contribution in [3.8, 4) is 6.07 Å². The van der Waals surface area contributed by atoms with Gasteiger partial charge in [-0.3, -0.25) is 0 Å². The Morgan fingerprint density at radius 2 is 2.17 bits per heavy atom. The molecular weight excluding hydrogens is 146 g/mol. The number of hydrogen-bond acceptors (Lipinski definition) is 1. The second-order valence-corrected chi connectivity index (χ2v) is 3.04. The monoisotopic (exact) mass is 155 g/mol. The third kappa shape index (κ3) is 1.54. The SMILES string of the molecule is N#Cc1cccc(C=C2CC2)c1. The Balaban J connectivity index is 2.33. The first-order chi connectivity index (χ1) is 5.88. The standard InChI is InChI=1S/C11H9N/c12-8-11-3-1-2-10(7-11)6-9-4-5-9/h1-3,6-7H,4-5H2. The number of rotatable bonds is 1. The van der Waals surface area contributed by atoms with E-state index >= 15 is 0 Å². The molecule has 2 rings (SSSR count). The molecule has 0 unspecified atom stereocenters. The lowest BCUT2D eigenvalue weighted by Gasteiger charge is -1.91. The van der Waals surface area contributed by atoms with Crippen LogP contribution in [0.25, 0.3) is 6.08 Å². The van der Waals surface area contributed by atoms with Crippen LogP contribution in [0.2, 0.25) is 0 Å². The Bertz CT molecular complexity index is 363. The van der Waals surface area contributed by atoms with Crippen molar-refractivity contribution in [1.82, 2.24) is 0 Å². The lowest BCUT2D eigenvalue weighted by atomic mass is 10.1. The second kappa shape index (κ2) is 2.83. The zero-order valence-electron chi connectivity index (χ0n) is 6.75. The second-order valence-electron chi connectivity index (χ2n) is 3.04. The highest BCUT2D eigenvalue weighted by Crippen LogP contribution is 2.30. The maximum Gasteiger partial charge on any atom is 0.0991 e. The minimum atomic E-state index is 0.741. The van der Waals surface area contributed by atoms with Crippen molar-refractivity contribution < 1.29 is 0 Å². The Morgan fingerprint density at radius 1 is 1.33 bits per heavy atom. The summed E-state index contributed by atoms with van der Waals surface area (Å²) in [6, 6.07) is 9.84. The van der Waals surface area contributed by atoms with Crippen molar-refractivity contribution in [2.75, 3.05) is 0 Å². The van der Waals surface area contributed by atoms with Crippen LogP contribution in [-0.4, -0.2) is 0 Å². The molecule has 1 nitrogen and oxygen atoms in total. The summed E-state index contributed by atoms with van der Waals surface area (Å²) in [5.41, 5.74) is 3.39. The van der Waals surface area contributed by atoms with Gasteiger partial charge in [-0.1, -0.05) is 23.8 Å². The van der Waals surface area contributed by atoms with Gasteiger partial charge in [-0.15, -0.1) is 0 Å². The van der Waals surface area contributed by atoms with Gasteiger partial charge in [0, 0.05) is 0 Å². The summed E-state index contributed by atoms with van der Waals surface area (Å²) in [6.45, 7) is 0. The van der Waals surface area contributed by atoms with E-state index in [4.69, 9.17) is 5.26 Å². The van der Waals surface area contributed by atoms with E-state index in [1.165, 1.54) is 18.4 Å². The van der Waals surface area contributed by atoms with E-state index in [1.54, 1.807) is 0 Å². The minimum absolute atomic E-state index is 0.741. The van der Waals surface area contributed by atoms with Crippen LogP contribution >= 0.6 is 0 Å². The Hall–Kier alpha value is -1.55. The summed E-state index contributed by atoms with van der Waals surface area (Å²) < 4.78 is 0. The number of hydrogen-bond donors (Lipinski definition) is 0. The van der Waals surface area contributed by atoms with Gasteiger partial charge >= 0.3 is 0 Å². The predicted molar refractivity (Wildman–Crippen MR) is 48.4 cm³/mol. The fourth-order valence-electron chi connectivity index (χ4n) is 1.15. The normalized spacial score (nSPS) is 13.8. The smallest absolute Gasteiger partial charge is 0.0991 e. The fraction of sp³-hybridized carbons (Fsp3) is 0.182. The molecule has 0 atom stereocenters. The zero-order valence-corrected chi connectivity index (χ0v) is 6.75. The van der Waals surface area contributed by atoms with Crippen LogP contribution in [-0.2, 0) is 0 Å². The molecule has 1 aliphatic rings. The minimum Gasteiger partial charge on any atom is -0.192 e. The molecule has 0 heterocycles. The van der Waals surface area contributed by atoms with Crippen LogP contribution < -0.4 is 0 Å². The average Bonchev–Trinajstić information content (AvgIpc) is 2.89. The van der Waals surface area contributed by atoms with Crippen molar-refractivity contribution in [2.24, 2.45) is 0 Å². The molecule has 58 valence electrons. The third-order valence-electron chi connectivity index (χ3n) is 1.93. The van der Waals surface area contributed by atoms with E-state index in [0.717, 1.165) is 11.1 Å². The molecule has 12 heavy (non-hydrogen) atoms. The summed E-state index contributed by atoms with van der Waals surface area (Å²) in [7, 11) is 0. The lowest BCUT2D eigenvalue weighted by molar-refractivity contribution is 1.48. The molecule has 1 aromatic carbocycles. The summed E-state index contributed by atoms with van der Waals surface area (Å²) in [5.74, 6) is 0.